The van der Waals surface area contributed by atoms with Gasteiger partial charge in [-0.2, -0.15) is 0 Å². The molecule has 0 amide bonds. The van der Waals surface area contributed by atoms with Gasteiger partial charge in [0.15, 0.2) is 0 Å². The molecule has 5 heteroatoms. The Morgan fingerprint density at radius 3 is 2.81 bits per heavy atom. The highest BCUT2D eigenvalue weighted by molar-refractivity contribution is 5.67. The van der Waals surface area contributed by atoms with E-state index in [0.29, 0.717) is 17.0 Å². The van der Waals surface area contributed by atoms with Gasteiger partial charge < -0.3 is 10.5 Å². The molecule has 0 fully saturated rings. The van der Waals surface area contributed by atoms with Crippen LogP contribution in [0.25, 0.3) is 11.3 Å². The summed E-state index contributed by atoms with van der Waals surface area (Å²) in [5.41, 5.74) is 6.76. The summed E-state index contributed by atoms with van der Waals surface area (Å²) in [6.45, 7) is 0. The van der Waals surface area contributed by atoms with Crippen molar-refractivity contribution in [3.8, 4) is 17.0 Å². The first-order valence-corrected chi connectivity index (χ1v) is 4.63. The van der Waals surface area contributed by atoms with E-state index in [9.17, 15) is 4.39 Å². The van der Waals surface area contributed by atoms with Gasteiger partial charge in [-0.1, -0.05) is 0 Å². The Labute approximate surface area is 91.9 Å². The molecule has 0 spiro atoms. The maximum absolute atomic E-state index is 13.0. The van der Waals surface area contributed by atoms with Crippen molar-refractivity contribution in [3.05, 3.63) is 36.3 Å². The van der Waals surface area contributed by atoms with E-state index < -0.39 is 0 Å². The van der Waals surface area contributed by atoms with Crippen LogP contribution >= 0.6 is 0 Å². The van der Waals surface area contributed by atoms with E-state index in [1.54, 1.807) is 18.3 Å². The van der Waals surface area contributed by atoms with Crippen molar-refractivity contribution in [1.29, 1.82) is 0 Å². The summed E-state index contributed by atoms with van der Waals surface area (Å²) >= 11 is 0. The summed E-state index contributed by atoms with van der Waals surface area (Å²) in [6.07, 6.45) is 1.54. The van der Waals surface area contributed by atoms with Crippen molar-refractivity contribution in [2.45, 2.75) is 0 Å². The molecule has 16 heavy (non-hydrogen) atoms. The Balaban J connectivity index is 2.55. The number of nitrogen functional groups attached to an aromatic ring is 1. The standard InChI is InChI=1S/C11H10FN3O/c1-16-10-6-7(12)2-3-8(10)9-4-5-14-11(13)15-9/h2-6H,1H3,(H2,13,14,15). The van der Waals surface area contributed by atoms with Crippen LogP contribution in [0.1, 0.15) is 0 Å². The van der Waals surface area contributed by atoms with Gasteiger partial charge in [0, 0.05) is 17.8 Å². The Morgan fingerprint density at radius 2 is 2.12 bits per heavy atom. The van der Waals surface area contributed by atoms with Crippen LogP contribution in [0.5, 0.6) is 5.75 Å². The van der Waals surface area contributed by atoms with Crippen LogP contribution in [-0.2, 0) is 0 Å². The molecule has 4 nitrogen and oxygen atoms in total. The zero-order chi connectivity index (χ0) is 11.5. The number of aromatic nitrogens is 2. The van der Waals surface area contributed by atoms with Gasteiger partial charge in [0.1, 0.15) is 11.6 Å². The van der Waals surface area contributed by atoms with Gasteiger partial charge in [0.25, 0.3) is 0 Å². The highest BCUT2D eigenvalue weighted by atomic mass is 19.1. The molecule has 0 aliphatic rings. The molecule has 0 saturated heterocycles. The lowest BCUT2D eigenvalue weighted by molar-refractivity contribution is 0.413. The summed E-state index contributed by atoms with van der Waals surface area (Å²) in [7, 11) is 1.48. The number of nitrogens with zero attached hydrogens (tertiary/aromatic N) is 2. The van der Waals surface area contributed by atoms with Gasteiger partial charge in [-0.05, 0) is 18.2 Å². The summed E-state index contributed by atoms with van der Waals surface area (Å²) < 4.78 is 18.1. The lowest BCUT2D eigenvalue weighted by Crippen LogP contribution is -1.96. The zero-order valence-corrected chi connectivity index (χ0v) is 8.64. The van der Waals surface area contributed by atoms with Gasteiger partial charge >= 0.3 is 0 Å². The highest BCUT2D eigenvalue weighted by Gasteiger charge is 2.08. The molecule has 1 aromatic carbocycles. The van der Waals surface area contributed by atoms with Crippen molar-refractivity contribution in [3.63, 3.8) is 0 Å². The molecule has 0 atom stereocenters. The smallest absolute Gasteiger partial charge is 0.220 e. The molecule has 0 aliphatic heterocycles. The summed E-state index contributed by atoms with van der Waals surface area (Å²) in [5.74, 6) is 0.226. The third kappa shape index (κ3) is 1.93. The number of halogens is 1. The van der Waals surface area contributed by atoms with Crippen molar-refractivity contribution in [2.24, 2.45) is 0 Å². The average Bonchev–Trinajstić information content (AvgIpc) is 2.28. The van der Waals surface area contributed by atoms with Crippen molar-refractivity contribution < 1.29 is 9.13 Å². The Hall–Kier alpha value is -2.17. The molecule has 0 aliphatic carbocycles. The van der Waals surface area contributed by atoms with E-state index in [1.807, 2.05) is 0 Å². The van der Waals surface area contributed by atoms with Gasteiger partial charge in [-0.3, -0.25) is 0 Å². The van der Waals surface area contributed by atoms with E-state index in [1.165, 1.54) is 19.2 Å². The molecule has 0 saturated carbocycles. The summed E-state index contributed by atoms with van der Waals surface area (Å²) in [4.78, 5) is 7.84. The van der Waals surface area contributed by atoms with Crippen LogP contribution in [-0.4, -0.2) is 17.1 Å². The molecule has 0 radical (unpaired) electrons. The molecule has 1 aromatic heterocycles. The first kappa shape index (κ1) is 10.4. The lowest BCUT2D eigenvalue weighted by atomic mass is 10.1. The van der Waals surface area contributed by atoms with Crippen LogP contribution in [0.2, 0.25) is 0 Å². The average molecular weight is 219 g/mol. The highest BCUT2D eigenvalue weighted by Crippen LogP contribution is 2.29. The molecule has 0 bridgehead atoms. The predicted molar refractivity (Wildman–Crippen MR) is 58.4 cm³/mol. The van der Waals surface area contributed by atoms with Crippen LogP contribution in [0.3, 0.4) is 0 Å². The normalized spacial score (nSPS) is 10.1. The van der Waals surface area contributed by atoms with Gasteiger partial charge in [-0.25, -0.2) is 14.4 Å². The van der Waals surface area contributed by atoms with E-state index in [2.05, 4.69) is 9.97 Å². The van der Waals surface area contributed by atoms with Gasteiger partial charge in [-0.15, -0.1) is 0 Å². The molecule has 2 aromatic rings. The number of nitrogens with two attached hydrogens (primary N) is 1. The van der Waals surface area contributed by atoms with Crippen molar-refractivity contribution >= 4 is 5.95 Å². The molecule has 0 unspecified atom stereocenters. The second kappa shape index (κ2) is 4.14. The van der Waals surface area contributed by atoms with Crippen LogP contribution in [0.4, 0.5) is 10.3 Å². The zero-order valence-electron chi connectivity index (χ0n) is 8.64. The number of anilines is 1. The number of benzene rings is 1. The number of hydrogen-bond donors (Lipinski definition) is 1. The third-order valence-electron chi connectivity index (χ3n) is 2.11. The van der Waals surface area contributed by atoms with E-state index >= 15 is 0 Å². The van der Waals surface area contributed by atoms with E-state index in [0.717, 1.165) is 0 Å². The minimum atomic E-state index is -0.359. The molecular weight excluding hydrogens is 209 g/mol. The topological polar surface area (TPSA) is 61.0 Å². The fraction of sp³-hybridized carbons (Fsp3) is 0.0909. The Kier molecular flexibility index (Phi) is 2.68. The van der Waals surface area contributed by atoms with Crippen LogP contribution < -0.4 is 10.5 Å². The summed E-state index contributed by atoms with van der Waals surface area (Å²) in [5, 5.41) is 0. The summed E-state index contributed by atoms with van der Waals surface area (Å²) in [6, 6.07) is 5.92. The molecule has 1 heterocycles. The molecule has 2 N–H and O–H groups in total. The minimum Gasteiger partial charge on any atom is -0.496 e. The first-order valence-electron chi connectivity index (χ1n) is 4.63. The first-order chi connectivity index (χ1) is 7.70. The van der Waals surface area contributed by atoms with Gasteiger partial charge in [0.05, 0.1) is 12.8 Å². The lowest BCUT2D eigenvalue weighted by Gasteiger charge is -2.07. The van der Waals surface area contributed by atoms with Crippen molar-refractivity contribution in [2.75, 3.05) is 12.8 Å². The fourth-order valence-corrected chi connectivity index (χ4v) is 1.40. The van der Waals surface area contributed by atoms with E-state index in [-0.39, 0.29) is 11.8 Å². The number of methoxy groups -OCH3 is 1. The van der Waals surface area contributed by atoms with Crippen LogP contribution in [0.15, 0.2) is 30.5 Å². The molecule has 2 rings (SSSR count). The molecule has 82 valence electrons. The van der Waals surface area contributed by atoms with Gasteiger partial charge in [0.2, 0.25) is 5.95 Å². The van der Waals surface area contributed by atoms with Crippen LogP contribution in [0, 0.1) is 5.82 Å². The third-order valence-corrected chi connectivity index (χ3v) is 2.11. The quantitative estimate of drug-likeness (QED) is 0.837. The predicted octanol–water partition coefficient (Wildman–Crippen LogP) is 1.87. The SMILES string of the molecule is COc1cc(F)ccc1-c1ccnc(N)n1. The minimum absolute atomic E-state index is 0.170. The number of hydrogen-bond acceptors (Lipinski definition) is 4. The fourth-order valence-electron chi connectivity index (χ4n) is 1.40. The van der Waals surface area contributed by atoms with E-state index in [4.69, 9.17) is 10.5 Å². The van der Waals surface area contributed by atoms with Crippen molar-refractivity contribution in [1.82, 2.24) is 9.97 Å². The number of ether oxygens (including phenoxy) is 1. The Bertz CT molecular complexity index is 516. The maximum atomic E-state index is 13.0. The monoisotopic (exact) mass is 219 g/mol. The Morgan fingerprint density at radius 1 is 1.31 bits per heavy atom. The maximum Gasteiger partial charge on any atom is 0.220 e. The largest absolute Gasteiger partial charge is 0.496 e. The second-order valence-electron chi connectivity index (χ2n) is 3.14. The second-order valence-corrected chi connectivity index (χ2v) is 3.14. The molecular formula is C11H10FN3O. The number of rotatable bonds is 2.